The summed E-state index contributed by atoms with van der Waals surface area (Å²) < 4.78 is 5.13. The highest BCUT2D eigenvalue weighted by molar-refractivity contribution is 6.39. The Balaban J connectivity index is 1.94. The maximum Gasteiger partial charge on any atom is 0.313 e. The molecular weight excluding hydrogens is 308 g/mol. The zero-order chi connectivity index (χ0) is 17.6. The highest BCUT2D eigenvalue weighted by Gasteiger charge is 2.28. The van der Waals surface area contributed by atoms with Crippen LogP contribution in [0.15, 0.2) is 47.1 Å². The lowest BCUT2D eigenvalue weighted by molar-refractivity contribution is -0.136. The van der Waals surface area contributed by atoms with Crippen LogP contribution in [0.5, 0.6) is 0 Å². The molecule has 24 heavy (non-hydrogen) atoms. The molecule has 6 heteroatoms. The molecule has 0 aliphatic rings. The molecule has 1 heterocycles. The van der Waals surface area contributed by atoms with E-state index in [4.69, 9.17) is 4.42 Å². The van der Waals surface area contributed by atoms with Crippen LogP contribution in [0.25, 0.3) is 0 Å². The number of hydrogen-bond acceptors (Lipinski definition) is 4. The Bertz CT molecular complexity index is 693. The third-order valence-electron chi connectivity index (χ3n) is 3.64. The minimum atomic E-state index is -1.39. The molecule has 0 saturated heterocycles. The zero-order valence-electron chi connectivity index (χ0n) is 13.8. The van der Waals surface area contributed by atoms with Gasteiger partial charge in [0, 0.05) is 5.69 Å². The van der Waals surface area contributed by atoms with Crippen LogP contribution >= 0.6 is 0 Å². The summed E-state index contributed by atoms with van der Waals surface area (Å²) in [4.78, 5) is 24.0. The van der Waals surface area contributed by atoms with Gasteiger partial charge in [0.25, 0.3) is 0 Å². The van der Waals surface area contributed by atoms with Crippen LogP contribution in [0.3, 0.4) is 0 Å². The Kier molecular flexibility index (Phi) is 5.76. The van der Waals surface area contributed by atoms with E-state index in [-0.39, 0.29) is 6.54 Å². The standard InChI is InChI=1S/C18H22N2O4/c1-3-7-13-8-4-5-9-14(13)20-17(22)16(21)19-12-18(2,23)15-10-6-11-24-15/h4-6,8-11,23H,3,7,12H2,1-2H3,(H,19,21)(H,20,22). The summed E-state index contributed by atoms with van der Waals surface area (Å²) >= 11 is 0. The monoisotopic (exact) mass is 330 g/mol. The molecule has 128 valence electrons. The molecule has 2 rings (SSSR count). The molecule has 0 bridgehead atoms. The van der Waals surface area contributed by atoms with E-state index in [1.165, 1.54) is 13.2 Å². The van der Waals surface area contributed by atoms with E-state index in [9.17, 15) is 14.7 Å². The van der Waals surface area contributed by atoms with Crippen molar-refractivity contribution in [3.8, 4) is 0 Å². The van der Waals surface area contributed by atoms with E-state index in [2.05, 4.69) is 10.6 Å². The molecule has 0 aliphatic carbocycles. The van der Waals surface area contributed by atoms with Crippen LogP contribution in [0.1, 0.15) is 31.6 Å². The third-order valence-corrected chi connectivity index (χ3v) is 3.64. The number of rotatable bonds is 6. The normalized spacial score (nSPS) is 13.1. The molecule has 2 amide bonds. The number of furan rings is 1. The van der Waals surface area contributed by atoms with Gasteiger partial charge in [-0.2, -0.15) is 0 Å². The van der Waals surface area contributed by atoms with Gasteiger partial charge in [0.05, 0.1) is 12.8 Å². The molecule has 1 unspecified atom stereocenters. The van der Waals surface area contributed by atoms with Crippen molar-refractivity contribution in [1.82, 2.24) is 5.32 Å². The molecule has 6 nitrogen and oxygen atoms in total. The average Bonchev–Trinajstić information content (AvgIpc) is 3.10. The summed E-state index contributed by atoms with van der Waals surface area (Å²) in [6.45, 7) is 3.41. The predicted molar refractivity (Wildman–Crippen MR) is 90.4 cm³/mol. The first kappa shape index (κ1) is 17.7. The highest BCUT2D eigenvalue weighted by Crippen LogP contribution is 2.20. The number of amides is 2. The van der Waals surface area contributed by atoms with E-state index in [0.717, 1.165) is 18.4 Å². The molecule has 1 atom stereocenters. The number of benzene rings is 1. The molecule has 0 aliphatic heterocycles. The van der Waals surface area contributed by atoms with Crippen LogP contribution in [-0.4, -0.2) is 23.5 Å². The molecule has 0 spiro atoms. The first-order chi connectivity index (χ1) is 11.4. The second kappa shape index (κ2) is 7.79. The van der Waals surface area contributed by atoms with Gasteiger partial charge in [-0.25, -0.2) is 0 Å². The van der Waals surface area contributed by atoms with Crippen LogP contribution in [0.2, 0.25) is 0 Å². The fourth-order valence-electron chi connectivity index (χ4n) is 2.31. The van der Waals surface area contributed by atoms with E-state index >= 15 is 0 Å². The van der Waals surface area contributed by atoms with Crippen LogP contribution in [0.4, 0.5) is 5.69 Å². The Labute approximate surface area is 140 Å². The Morgan fingerprint density at radius 3 is 2.58 bits per heavy atom. The second-order valence-corrected chi connectivity index (χ2v) is 5.80. The molecule has 2 aromatic rings. The van der Waals surface area contributed by atoms with Gasteiger partial charge < -0.3 is 20.2 Å². The molecule has 0 saturated carbocycles. The zero-order valence-corrected chi connectivity index (χ0v) is 13.8. The number of carbonyl (C=O) groups excluding carboxylic acids is 2. The second-order valence-electron chi connectivity index (χ2n) is 5.80. The number of anilines is 1. The lowest BCUT2D eigenvalue weighted by atomic mass is 10.0. The van der Waals surface area contributed by atoms with Gasteiger partial charge in [-0.05, 0) is 37.1 Å². The Morgan fingerprint density at radius 2 is 1.92 bits per heavy atom. The van der Waals surface area contributed by atoms with Crippen molar-refractivity contribution >= 4 is 17.5 Å². The van der Waals surface area contributed by atoms with Gasteiger partial charge >= 0.3 is 11.8 Å². The first-order valence-corrected chi connectivity index (χ1v) is 7.87. The smallest absolute Gasteiger partial charge is 0.313 e. The lowest BCUT2D eigenvalue weighted by Gasteiger charge is -2.21. The van der Waals surface area contributed by atoms with Crippen molar-refractivity contribution in [2.75, 3.05) is 11.9 Å². The van der Waals surface area contributed by atoms with E-state index < -0.39 is 17.4 Å². The quantitative estimate of drug-likeness (QED) is 0.708. The Hall–Kier alpha value is -2.60. The van der Waals surface area contributed by atoms with Crippen molar-refractivity contribution in [1.29, 1.82) is 0 Å². The van der Waals surface area contributed by atoms with Gasteiger partial charge in [0.2, 0.25) is 0 Å². The van der Waals surface area contributed by atoms with Crippen molar-refractivity contribution in [3.05, 3.63) is 54.0 Å². The summed E-state index contributed by atoms with van der Waals surface area (Å²) in [5.41, 5.74) is 0.209. The topological polar surface area (TPSA) is 91.6 Å². The van der Waals surface area contributed by atoms with Crippen molar-refractivity contribution < 1.29 is 19.1 Å². The van der Waals surface area contributed by atoms with E-state index in [1.807, 2.05) is 19.1 Å². The minimum Gasteiger partial charge on any atom is -0.466 e. The molecular formula is C18H22N2O4. The number of aryl methyl sites for hydroxylation is 1. The van der Waals surface area contributed by atoms with Crippen LogP contribution in [0, 0.1) is 0 Å². The third kappa shape index (κ3) is 4.45. The van der Waals surface area contributed by atoms with Crippen molar-refractivity contribution in [2.45, 2.75) is 32.3 Å². The fraction of sp³-hybridized carbons (Fsp3) is 0.333. The van der Waals surface area contributed by atoms with E-state index in [1.54, 1.807) is 24.3 Å². The van der Waals surface area contributed by atoms with E-state index in [0.29, 0.717) is 11.4 Å². The van der Waals surface area contributed by atoms with Crippen LogP contribution in [-0.2, 0) is 21.6 Å². The maximum absolute atomic E-state index is 12.0. The van der Waals surface area contributed by atoms with Gasteiger partial charge in [0.1, 0.15) is 11.4 Å². The number of hydrogen-bond donors (Lipinski definition) is 3. The summed E-state index contributed by atoms with van der Waals surface area (Å²) in [7, 11) is 0. The Morgan fingerprint density at radius 1 is 1.17 bits per heavy atom. The summed E-state index contributed by atoms with van der Waals surface area (Å²) in [5, 5.41) is 15.3. The molecule has 0 fully saturated rings. The molecule has 1 aromatic heterocycles. The lowest BCUT2D eigenvalue weighted by Crippen LogP contribution is -2.43. The van der Waals surface area contributed by atoms with Gasteiger partial charge in [-0.1, -0.05) is 31.5 Å². The van der Waals surface area contributed by atoms with Crippen LogP contribution < -0.4 is 10.6 Å². The van der Waals surface area contributed by atoms with Gasteiger partial charge in [-0.15, -0.1) is 0 Å². The SMILES string of the molecule is CCCc1ccccc1NC(=O)C(=O)NCC(C)(O)c1ccco1. The van der Waals surface area contributed by atoms with Crippen molar-refractivity contribution in [3.63, 3.8) is 0 Å². The predicted octanol–water partition coefficient (Wildman–Crippen LogP) is 2.19. The van der Waals surface area contributed by atoms with Gasteiger partial charge in [-0.3, -0.25) is 9.59 Å². The fourth-order valence-corrected chi connectivity index (χ4v) is 2.31. The van der Waals surface area contributed by atoms with Crippen molar-refractivity contribution in [2.24, 2.45) is 0 Å². The highest BCUT2D eigenvalue weighted by atomic mass is 16.4. The minimum absolute atomic E-state index is 0.136. The van der Waals surface area contributed by atoms with Gasteiger partial charge in [0.15, 0.2) is 0 Å². The summed E-state index contributed by atoms with van der Waals surface area (Å²) in [6, 6.07) is 10.6. The molecule has 1 aromatic carbocycles. The largest absolute Gasteiger partial charge is 0.466 e. The maximum atomic E-state index is 12.0. The average molecular weight is 330 g/mol. The number of para-hydroxylation sites is 1. The summed E-state index contributed by atoms with van der Waals surface area (Å²) in [5.74, 6) is -1.27. The molecule has 3 N–H and O–H groups in total. The number of aliphatic hydroxyl groups is 1. The number of carbonyl (C=O) groups is 2. The summed E-state index contributed by atoms with van der Waals surface area (Å²) in [6.07, 6.45) is 3.18. The number of nitrogens with one attached hydrogen (secondary N) is 2. The first-order valence-electron chi connectivity index (χ1n) is 7.87. The molecule has 0 radical (unpaired) electrons.